The molecule has 1 heterocycles. The molecular formula is C10H8FN3O. The highest BCUT2D eigenvalue weighted by Crippen LogP contribution is 2.06. The molecule has 0 aliphatic rings. The van der Waals surface area contributed by atoms with E-state index >= 15 is 0 Å². The molecule has 1 aromatic heterocycles. The third-order valence-electron chi connectivity index (χ3n) is 1.93. The number of rotatable bonds is 3. The number of aromatic nitrogens is 3. The molecule has 0 spiro atoms. The number of Topliss-reactive ketones (excluding diaryl/α,β-unsaturated/α-hetero) is 1. The van der Waals surface area contributed by atoms with Crippen molar-refractivity contribution in [2.45, 2.75) is 6.42 Å². The van der Waals surface area contributed by atoms with Crippen LogP contribution in [-0.4, -0.2) is 21.0 Å². The van der Waals surface area contributed by atoms with Crippen molar-refractivity contribution >= 4 is 5.78 Å². The van der Waals surface area contributed by atoms with Crippen molar-refractivity contribution in [3.05, 3.63) is 47.8 Å². The lowest BCUT2D eigenvalue weighted by molar-refractivity contribution is 0.0983. The van der Waals surface area contributed by atoms with Crippen LogP contribution in [0.15, 0.2) is 30.6 Å². The molecule has 0 aliphatic carbocycles. The first-order valence-electron chi connectivity index (χ1n) is 4.39. The third kappa shape index (κ3) is 2.25. The fraction of sp³-hybridized carbons (Fsp3) is 0.100. The molecule has 76 valence electrons. The number of hydrogen-bond acceptors (Lipinski definition) is 3. The zero-order chi connectivity index (χ0) is 10.7. The Kier molecular flexibility index (Phi) is 2.53. The molecule has 0 saturated carbocycles. The third-order valence-corrected chi connectivity index (χ3v) is 1.93. The standard InChI is InChI=1S/C10H8FN3O/c11-8-3-1-2-7(4-8)5-9(15)10-12-6-13-14-10/h1-4,6H,5H2,(H,12,13,14). The largest absolute Gasteiger partial charge is 0.290 e. The quantitative estimate of drug-likeness (QED) is 0.770. The van der Waals surface area contributed by atoms with Crippen LogP contribution in [0.5, 0.6) is 0 Å². The van der Waals surface area contributed by atoms with Crippen LogP contribution in [0.1, 0.15) is 16.2 Å². The van der Waals surface area contributed by atoms with Gasteiger partial charge in [0.2, 0.25) is 5.78 Å². The van der Waals surface area contributed by atoms with E-state index in [1.807, 2.05) is 0 Å². The van der Waals surface area contributed by atoms with E-state index < -0.39 is 0 Å². The molecule has 2 aromatic rings. The lowest BCUT2D eigenvalue weighted by atomic mass is 10.1. The van der Waals surface area contributed by atoms with Gasteiger partial charge in [-0.05, 0) is 17.7 Å². The average molecular weight is 205 g/mol. The number of hydrogen-bond donors (Lipinski definition) is 1. The minimum atomic E-state index is -0.349. The van der Waals surface area contributed by atoms with E-state index in [-0.39, 0.29) is 23.8 Å². The average Bonchev–Trinajstić information content (AvgIpc) is 2.70. The van der Waals surface area contributed by atoms with Gasteiger partial charge in [-0.25, -0.2) is 9.37 Å². The van der Waals surface area contributed by atoms with Gasteiger partial charge in [-0.15, -0.1) is 0 Å². The second kappa shape index (κ2) is 4.00. The molecule has 2 rings (SSSR count). The first-order chi connectivity index (χ1) is 7.25. The van der Waals surface area contributed by atoms with Crippen LogP contribution >= 0.6 is 0 Å². The summed E-state index contributed by atoms with van der Waals surface area (Å²) in [4.78, 5) is 15.3. The van der Waals surface area contributed by atoms with E-state index in [2.05, 4.69) is 15.2 Å². The second-order valence-electron chi connectivity index (χ2n) is 3.06. The maximum atomic E-state index is 12.8. The first kappa shape index (κ1) is 9.51. The van der Waals surface area contributed by atoms with Crippen LogP contribution < -0.4 is 0 Å². The Labute approximate surface area is 85.2 Å². The van der Waals surface area contributed by atoms with Crippen molar-refractivity contribution in [3.8, 4) is 0 Å². The fourth-order valence-corrected chi connectivity index (χ4v) is 1.26. The summed E-state index contributed by atoms with van der Waals surface area (Å²) in [7, 11) is 0. The summed E-state index contributed by atoms with van der Waals surface area (Å²) in [5.74, 6) is -0.366. The van der Waals surface area contributed by atoms with Gasteiger partial charge in [0.05, 0.1) is 0 Å². The zero-order valence-electron chi connectivity index (χ0n) is 7.77. The van der Waals surface area contributed by atoms with Crippen molar-refractivity contribution in [2.24, 2.45) is 0 Å². The molecule has 0 aliphatic heterocycles. The molecule has 0 fully saturated rings. The van der Waals surface area contributed by atoms with Crippen molar-refractivity contribution in [3.63, 3.8) is 0 Å². The Bertz CT molecular complexity index is 467. The Balaban J connectivity index is 2.13. The number of nitrogens with zero attached hydrogens (tertiary/aromatic N) is 2. The van der Waals surface area contributed by atoms with Crippen molar-refractivity contribution in [1.82, 2.24) is 15.2 Å². The molecule has 0 radical (unpaired) electrons. The van der Waals surface area contributed by atoms with Crippen LogP contribution in [0.4, 0.5) is 4.39 Å². The summed E-state index contributed by atoms with van der Waals surface area (Å²) in [5.41, 5.74) is 0.622. The van der Waals surface area contributed by atoms with Crippen molar-refractivity contribution in [2.75, 3.05) is 0 Å². The molecule has 1 aromatic carbocycles. The lowest BCUT2D eigenvalue weighted by Crippen LogP contribution is -2.05. The Morgan fingerprint density at radius 3 is 3.00 bits per heavy atom. The van der Waals surface area contributed by atoms with E-state index in [1.54, 1.807) is 12.1 Å². The number of nitrogens with one attached hydrogen (secondary N) is 1. The number of carbonyl (C=O) groups excluding carboxylic acids is 1. The normalized spacial score (nSPS) is 10.2. The molecule has 0 atom stereocenters. The van der Waals surface area contributed by atoms with Gasteiger partial charge in [0.15, 0.2) is 5.82 Å². The minimum Gasteiger partial charge on any atom is -0.290 e. The summed E-state index contributed by atoms with van der Waals surface area (Å²) in [6.07, 6.45) is 1.38. The van der Waals surface area contributed by atoms with Crippen molar-refractivity contribution in [1.29, 1.82) is 0 Å². The molecule has 15 heavy (non-hydrogen) atoms. The van der Waals surface area contributed by atoms with E-state index in [0.29, 0.717) is 5.56 Å². The van der Waals surface area contributed by atoms with Crippen molar-refractivity contribution < 1.29 is 9.18 Å². The van der Waals surface area contributed by atoms with Crippen LogP contribution in [-0.2, 0) is 6.42 Å². The van der Waals surface area contributed by atoms with E-state index in [9.17, 15) is 9.18 Å². The number of benzene rings is 1. The van der Waals surface area contributed by atoms with Gasteiger partial charge in [0, 0.05) is 6.42 Å². The maximum Gasteiger partial charge on any atom is 0.203 e. The molecule has 0 unspecified atom stereocenters. The number of carbonyl (C=O) groups is 1. The smallest absolute Gasteiger partial charge is 0.203 e. The Hall–Kier alpha value is -2.04. The summed E-state index contributed by atoms with van der Waals surface area (Å²) >= 11 is 0. The topological polar surface area (TPSA) is 58.6 Å². The summed E-state index contributed by atoms with van der Waals surface area (Å²) in [5, 5.41) is 6.04. The minimum absolute atomic E-state index is 0.118. The Morgan fingerprint density at radius 2 is 2.33 bits per heavy atom. The zero-order valence-corrected chi connectivity index (χ0v) is 7.77. The second-order valence-corrected chi connectivity index (χ2v) is 3.06. The first-order valence-corrected chi connectivity index (χ1v) is 4.39. The van der Waals surface area contributed by atoms with Gasteiger partial charge in [-0.3, -0.25) is 9.89 Å². The molecular weight excluding hydrogens is 197 g/mol. The number of aromatic amines is 1. The maximum absolute atomic E-state index is 12.8. The highest BCUT2D eigenvalue weighted by molar-refractivity contribution is 5.93. The van der Waals surface area contributed by atoms with E-state index in [0.717, 1.165) is 0 Å². The van der Waals surface area contributed by atoms with Gasteiger partial charge in [-0.2, -0.15) is 5.10 Å². The Morgan fingerprint density at radius 1 is 1.47 bits per heavy atom. The predicted molar refractivity (Wildman–Crippen MR) is 50.8 cm³/mol. The van der Waals surface area contributed by atoms with Crippen LogP contribution in [0, 0.1) is 5.82 Å². The molecule has 0 bridgehead atoms. The fourth-order valence-electron chi connectivity index (χ4n) is 1.26. The number of H-pyrrole nitrogens is 1. The van der Waals surface area contributed by atoms with Crippen LogP contribution in [0.2, 0.25) is 0 Å². The van der Waals surface area contributed by atoms with Gasteiger partial charge in [0.25, 0.3) is 0 Å². The summed E-state index contributed by atoms with van der Waals surface area (Å²) in [6.45, 7) is 0. The van der Waals surface area contributed by atoms with E-state index in [4.69, 9.17) is 0 Å². The van der Waals surface area contributed by atoms with Crippen LogP contribution in [0.25, 0.3) is 0 Å². The summed E-state index contributed by atoms with van der Waals surface area (Å²) < 4.78 is 12.8. The molecule has 5 heteroatoms. The highest BCUT2D eigenvalue weighted by atomic mass is 19.1. The highest BCUT2D eigenvalue weighted by Gasteiger charge is 2.09. The molecule has 4 nitrogen and oxygen atoms in total. The molecule has 1 N–H and O–H groups in total. The van der Waals surface area contributed by atoms with Gasteiger partial charge >= 0.3 is 0 Å². The van der Waals surface area contributed by atoms with E-state index in [1.165, 1.54) is 18.5 Å². The van der Waals surface area contributed by atoms with Gasteiger partial charge < -0.3 is 0 Å². The monoisotopic (exact) mass is 205 g/mol. The van der Waals surface area contributed by atoms with Crippen LogP contribution in [0.3, 0.4) is 0 Å². The SMILES string of the molecule is O=C(Cc1cccc(F)c1)c1ncn[nH]1. The number of halogens is 1. The summed E-state index contributed by atoms with van der Waals surface area (Å²) in [6, 6.07) is 5.92. The number of ketones is 1. The molecule has 0 amide bonds. The van der Waals surface area contributed by atoms with Gasteiger partial charge in [0.1, 0.15) is 12.1 Å². The lowest BCUT2D eigenvalue weighted by Gasteiger charge is -1.98. The molecule has 0 saturated heterocycles. The predicted octanol–water partition coefficient (Wildman–Crippen LogP) is 1.37. The van der Waals surface area contributed by atoms with Gasteiger partial charge in [-0.1, -0.05) is 12.1 Å².